The number of hydrogen-bond donors (Lipinski definition) is 0. The molecule has 1 aromatic carbocycles. The Hall–Kier alpha value is -0.840. The van der Waals surface area contributed by atoms with Gasteiger partial charge in [-0.05, 0) is 34.7 Å². The molecular formula is C10H8INO. The summed E-state index contributed by atoms with van der Waals surface area (Å²) in [4.78, 5) is 4.32. The molecule has 2 rings (SSSR count). The molecule has 2 nitrogen and oxygen atoms in total. The lowest BCUT2D eigenvalue weighted by Crippen LogP contribution is -1.87. The van der Waals surface area contributed by atoms with Gasteiger partial charge in [-0.25, -0.2) is 0 Å². The third-order valence-electron chi connectivity index (χ3n) is 1.86. The highest BCUT2D eigenvalue weighted by molar-refractivity contribution is 14.1. The van der Waals surface area contributed by atoms with Crippen molar-refractivity contribution >= 4 is 33.5 Å². The summed E-state index contributed by atoms with van der Waals surface area (Å²) < 4.78 is 6.34. The zero-order valence-electron chi connectivity index (χ0n) is 7.12. The molecule has 3 heteroatoms. The Kier molecular flexibility index (Phi) is 2.35. The van der Waals surface area contributed by atoms with Gasteiger partial charge in [0.25, 0.3) is 0 Å². The van der Waals surface area contributed by atoms with Gasteiger partial charge in [-0.3, -0.25) is 4.98 Å². The Labute approximate surface area is 90.1 Å². The van der Waals surface area contributed by atoms with E-state index in [9.17, 15) is 0 Å². The maximum Gasteiger partial charge on any atom is 0.145 e. The Morgan fingerprint density at radius 3 is 3.00 bits per heavy atom. The number of pyridine rings is 1. The molecule has 0 fully saturated rings. The molecule has 0 aliphatic carbocycles. The summed E-state index contributed by atoms with van der Waals surface area (Å²) in [5.74, 6) is 0.828. The number of para-hydroxylation sites is 1. The van der Waals surface area contributed by atoms with Gasteiger partial charge in [-0.1, -0.05) is 12.1 Å². The summed E-state index contributed by atoms with van der Waals surface area (Å²) in [5, 5.41) is 1.12. The molecule has 0 spiro atoms. The molecular weight excluding hydrogens is 277 g/mol. The highest BCUT2D eigenvalue weighted by Crippen LogP contribution is 2.23. The van der Waals surface area contributed by atoms with E-state index in [4.69, 9.17) is 4.74 Å². The van der Waals surface area contributed by atoms with Gasteiger partial charge >= 0.3 is 0 Å². The van der Waals surface area contributed by atoms with Gasteiger partial charge < -0.3 is 4.74 Å². The second kappa shape index (κ2) is 3.49. The summed E-state index contributed by atoms with van der Waals surface area (Å²) in [6.45, 7) is 0. The first-order valence-electron chi connectivity index (χ1n) is 3.89. The molecule has 1 heterocycles. The van der Waals surface area contributed by atoms with Crippen LogP contribution in [0.4, 0.5) is 0 Å². The molecule has 0 saturated heterocycles. The Morgan fingerprint density at radius 1 is 1.38 bits per heavy atom. The average Bonchev–Trinajstić information content (AvgIpc) is 2.16. The SMILES string of the molecule is COc1cccc2cc(I)cnc12. The molecule has 13 heavy (non-hydrogen) atoms. The molecule has 66 valence electrons. The minimum absolute atomic E-state index is 0.828. The van der Waals surface area contributed by atoms with E-state index in [1.807, 2.05) is 24.4 Å². The number of benzene rings is 1. The van der Waals surface area contributed by atoms with Crippen LogP contribution in [-0.2, 0) is 0 Å². The highest BCUT2D eigenvalue weighted by atomic mass is 127. The largest absolute Gasteiger partial charge is 0.494 e. The maximum atomic E-state index is 5.20. The smallest absolute Gasteiger partial charge is 0.145 e. The van der Waals surface area contributed by atoms with Crippen LogP contribution >= 0.6 is 22.6 Å². The average molecular weight is 285 g/mol. The molecule has 1 aromatic heterocycles. The number of ether oxygens (including phenoxy) is 1. The van der Waals surface area contributed by atoms with Crippen molar-refractivity contribution in [3.8, 4) is 5.75 Å². The highest BCUT2D eigenvalue weighted by Gasteiger charge is 2.01. The minimum atomic E-state index is 0.828. The number of nitrogens with zero attached hydrogens (tertiary/aromatic N) is 1. The fourth-order valence-electron chi connectivity index (χ4n) is 1.27. The number of methoxy groups -OCH3 is 1. The third kappa shape index (κ3) is 1.60. The second-order valence-electron chi connectivity index (χ2n) is 2.69. The fourth-order valence-corrected chi connectivity index (χ4v) is 1.75. The molecule has 0 atom stereocenters. The lowest BCUT2D eigenvalue weighted by Gasteiger charge is -2.03. The topological polar surface area (TPSA) is 22.1 Å². The number of hydrogen-bond acceptors (Lipinski definition) is 2. The van der Waals surface area contributed by atoms with Gasteiger partial charge in [-0.2, -0.15) is 0 Å². The van der Waals surface area contributed by atoms with Crippen molar-refractivity contribution in [3.05, 3.63) is 34.0 Å². The molecule has 0 aliphatic heterocycles. The van der Waals surface area contributed by atoms with E-state index in [1.165, 1.54) is 0 Å². The standard InChI is InChI=1S/C10H8INO/c1-13-9-4-2-3-7-5-8(11)6-12-10(7)9/h2-6H,1H3. The predicted molar refractivity (Wildman–Crippen MR) is 61.0 cm³/mol. The second-order valence-corrected chi connectivity index (χ2v) is 3.93. The molecule has 0 aliphatic rings. The Balaban J connectivity index is 2.77. The van der Waals surface area contributed by atoms with Gasteiger partial charge in [0.2, 0.25) is 0 Å². The number of aromatic nitrogens is 1. The van der Waals surface area contributed by atoms with E-state index in [0.29, 0.717) is 0 Å². The zero-order valence-corrected chi connectivity index (χ0v) is 9.28. The first-order valence-corrected chi connectivity index (χ1v) is 4.97. The van der Waals surface area contributed by atoms with Gasteiger partial charge in [0.1, 0.15) is 11.3 Å². The number of rotatable bonds is 1. The third-order valence-corrected chi connectivity index (χ3v) is 2.45. The lowest BCUT2D eigenvalue weighted by molar-refractivity contribution is 0.419. The van der Waals surface area contributed by atoms with Gasteiger partial charge in [0, 0.05) is 15.2 Å². The van der Waals surface area contributed by atoms with E-state index in [-0.39, 0.29) is 0 Å². The van der Waals surface area contributed by atoms with Crippen LogP contribution < -0.4 is 4.74 Å². The molecule has 0 amide bonds. The zero-order chi connectivity index (χ0) is 9.26. The maximum absolute atomic E-state index is 5.20. The fraction of sp³-hybridized carbons (Fsp3) is 0.100. The van der Waals surface area contributed by atoms with Crippen LogP contribution in [0.25, 0.3) is 10.9 Å². The lowest BCUT2D eigenvalue weighted by atomic mass is 10.2. The van der Waals surface area contributed by atoms with Gasteiger partial charge in [0.05, 0.1) is 7.11 Å². The quantitative estimate of drug-likeness (QED) is 0.752. The Morgan fingerprint density at radius 2 is 2.23 bits per heavy atom. The predicted octanol–water partition coefficient (Wildman–Crippen LogP) is 2.85. The molecule has 2 aromatic rings. The van der Waals surface area contributed by atoms with Crippen molar-refractivity contribution in [2.45, 2.75) is 0 Å². The van der Waals surface area contributed by atoms with Crippen molar-refractivity contribution in [2.24, 2.45) is 0 Å². The number of fused-ring (bicyclic) bond motifs is 1. The normalized spacial score (nSPS) is 10.3. The minimum Gasteiger partial charge on any atom is -0.494 e. The van der Waals surface area contributed by atoms with Crippen molar-refractivity contribution in [3.63, 3.8) is 0 Å². The van der Waals surface area contributed by atoms with Crippen LogP contribution in [0.15, 0.2) is 30.5 Å². The Bertz CT molecular complexity index is 442. The van der Waals surface area contributed by atoms with Gasteiger partial charge in [0.15, 0.2) is 0 Å². The van der Waals surface area contributed by atoms with E-state index in [2.05, 4.69) is 33.6 Å². The van der Waals surface area contributed by atoms with Crippen LogP contribution in [0.5, 0.6) is 5.75 Å². The van der Waals surface area contributed by atoms with E-state index < -0.39 is 0 Å². The molecule has 0 bridgehead atoms. The van der Waals surface area contributed by atoms with Crippen LogP contribution in [0.3, 0.4) is 0 Å². The first-order chi connectivity index (χ1) is 6.31. The monoisotopic (exact) mass is 285 g/mol. The van der Waals surface area contributed by atoms with Crippen molar-refractivity contribution in [2.75, 3.05) is 7.11 Å². The van der Waals surface area contributed by atoms with E-state index >= 15 is 0 Å². The summed E-state index contributed by atoms with van der Waals surface area (Å²) in [6, 6.07) is 8.01. The summed E-state index contributed by atoms with van der Waals surface area (Å²) in [7, 11) is 1.66. The summed E-state index contributed by atoms with van der Waals surface area (Å²) in [6.07, 6.45) is 1.84. The van der Waals surface area contributed by atoms with Crippen molar-refractivity contribution < 1.29 is 4.74 Å². The molecule has 0 unspecified atom stereocenters. The first kappa shape index (κ1) is 8.74. The number of halogens is 1. The molecule has 0 N–H and O–H groups in total. The molecule has 0 saturated carbocycles. The van der Waals surface area contributed by atoms with Crippen LogP contribution in [-0.4, -0.2) is 12.1 Å². The van der Waals surface area contributed by atoms with Crippen LogP contribution in [0.1, 0.15) is 0 Å². The van der Waals surface area contributed by atoms with E-state index in [0.717, 1.165) is 20.2 Å². The summed E-state index contributed by atoms with van der Waals surface area (Å²) >= 11 is 2.25. The van der Waals surface area contributed by atoms with Crippen LogP contribution in [0, 0.1) is 3.57 Å². The van der Waals surface area contributed by atoms with Crippen molar-refractivity contribution in [1.29, 1.82) is 0 Å². The molecule has 0 radical (unpaired) electrons. The van der Waals surface area contributed by atoms with Crippen LogP contribution in [0.2, 0.25) is 0 Å². The van der Waals surface area contributed by atoms with E-state index in [1.54, 1.807) is 7.11 Å². The van der Waals surface area contributed by atoms with Crippen molar-refractivity contribution in [1.82, 2.24) is 4.98 Å². The summed E-state index contributed by atoms with van der Waals surface area (Å²) in [5.41, 5.74) is 0.922. The van der Waals surface area contributed by atoms with Gasteiger partial charge in [-0.15, -0.1) is 0 Å².